The van der Waals surface area contributed by atoms with Crippen molar-refractivity contribution in [2.24, 2.45) is 0 Å². The molecule has 0 atom stereocenters. The van der Waals surface area contributed by atoms with Crippen molar-refractivity contribution in [2.75, 3.05) is 17.2 Å². The third-order valence-electron chi connectivity index (χ3n) is 2.77. The molecule has 0 saturated carbocycles. The first-order valence-electron chi connectivity index (χ1n) is 6.57. The maximum atomic E-state index is 13.7. The van der Waals surface area contributed by atoms with Crippen molar-refractivity contribution in [3.63, 3.8) is 0 Å². The molecule has 0 radical (unpaired) electrons. The van der Waals surface area contributed by atoms with Gasteiger partial charge in [-0.15, -0.1) is 0 Å². The monoisotopic (exact) mass is 307 g/mol. The van der Waals surface area contributed by atoms with Crippen LogP contribution in [0.5, 0.6) is 0 Å². The quantitative estimate of drug-likeness (QED) is 0.879. The molecule has 110 valence electrons. The van der Waals surface area contributed by atoms with Crippen LogP contribution in [-0.2, 0) is 0 Å². The predicted octanol–water partition coefficient (Wildman–Crippen LogP) is 3.95. The lowest BCUT2D eigenvalue weighted by atomic mass is 10.2. The van der Waals surface area contributed by atoms with E-state index in [9.17, 15) is 9.18 Å². The van der Waals surface area contributed by atoms with Crippen molar-refractivity contribution in [3.05, 3.63) is 52.9 Å². The van der Waals surface area contributed by atoms with Crippen molar-refractivity contribution < 1.29 is 9.18 Å². The summed E-state index contributed by atoms with van der Waals surface area (Å²) in [7, 11) is 0. The molecule has 0 spiro atoms. The van der Waals surface area contributed by atoms with E-state index in [1.165, 1.54) is 12.1 Å². The molecule has 0 saturated heterocycles. The zero-order chi connectivity index (χ0) is 15.2. The fourth-order valence-corrected chi connectivity index (χ4v) is 1.91. The Morgan fingerprint density at radius 2 is 2.19 bits per heavy atom. The van der Waals surface area contributed by atoms with Gasteiger partial charge in [0.15, 0.2) is 0 Å². The summed E-state index contributed by atoms with van der Waals surface area (Å²) in [6.45, 7) is 2.71. The summed E-state index contributed by atoms with van der Waals surface area (Å²) < 4.78 is 13.7. The first-order valence-corrected chi connectivity index (χ1v) is 6.95. The molecule has 1 heterocycles. The average molecular weight is 308 g/mol. The van der Waals surface area contributed by atoms with Gasteiger partial charge in [0.1, 0.15) is 11.6 Å². The Morgan fingerprint density at radius 1 is 1.38 bits per heavy atom. The first-order chi connectivity index (χ1) is 10.1. The van der Waals surface area contributed by atoms with Crippen molar-refractivity contribution in [1.29, 1.82) is 0 Å². The number of carbonyl (C=O) groups excluding carboxylic acids is 1. The van der Waals surface area contributed by atoms with Gasteiger partial charge in [-0.25, -0.2) is 9.37 Å². The van der Waals surface area contributed by atoms with E-state index in [0.717, 1.165) is 12.5 Å². The third kappa shape index (κ3) is 3.92. The Balaban J connectivity index is 2.20. The molecule has 2 aromatic rings. The van der Waals surface area contributed by atoms with Crippen molar-refractivity contribution in [3.8, 4) is 0 Å². The number of aromatic nitrogens is 1. The smallest absolute Gasteiger partial charge is 0.259 e. The molecule has 6 heteroatoms. The number of carbonyl (C=O) groups is 1. The van der Waals surface area contributed by atoms with Gasteiger partial charge in [0, 0.05) is 17.8 Å². The molecule has 21 heavy (non-hydrogen) atoms. The van der Waals surface area contributed by atoms with Crippen molar-refractivity contribution in [1.82, 2.24) is 4.98 Å². The van der Waals surface area contributed by atoms with Crippen LogP contribution >= 0.6 is 11.6 Å². The summed E-state index contributed by atoms with van der Waals surface area (Å²) in [6, 6.07) is 7.37. The maximum Gasteiger partial charge on any atom is 0.259 e. The molecule has 1 amide bonds. The van der Waals surface area contributed by atoms with Crippen LogP contribution in [0.4, 0.5) is 15.9 Å². The minimum absolute atomic E-state index is 0.0784. The van der Waals surface area contributed by atoms with E-state index in [-0.39, 0.29) is 10.7 Å². The SMILES string of the molecule is CCCNc1ncccc1C(=O)Nc1ccc(Cl)cc1F. The number of hydrogen-bond donors (Lipinski definition) is 2. The third-order valence-corrected chi connectivity index (χ3v) is 3.01. The maximum absolute atomic E-state index is 13.7. The van der Waals surface area contributed by atoms with Gasteiger partial charge in [0.25, 0.3) is 5.91 Å². The second-order valence-corrected chi connectivity index (χ2v) is 4.84. The number of benzene rings is 1. The molecule has 2 rings (SSSR count). The Labute approximate surface area is 127 Å². The van der Waals surface area contributed by atoms with Crippen LogP contribution in [0.3, 0.4) is 0 Å². The summed E-state index contributed by atoms with van der Waals surface area (Å²) in [6.07, 6.45) is 2.50. The number of hydrogen-bond acceptors (Lipinski definition) is 3. The van der Waals surface area contributed by atoms with E-state index < -0.39 is 11.7 Å². The molecular weight excluding hydrogens is 293 g/mol. The Kier molecular flexibility index (Phi) is 5.11. The van der Waals surface area contributed by atoms with Crippen LogP contribution in [0.1, 0.15) is 23.7 Å². The van der Waals surface area contributed by atoms with Crippen molar-refractivity contribution in [2.45, 2.75) is 13.3 Å². The van der Waals surface area contributed by atoms with Gasteiger partial charge >= 0.3 is 0 Å². The lowest BCUT2D eigenvalue weighted by Crippen LogP contribution is -2.16. The lowest BCUT2D eigenvalue weighted by Gasteiger charge is -2.11. The molecule has 1 aromatic heterocycles. The molecule has 0 unspecified atom stereocenters. The second kappa shape index (κ2) is 7.04. The van der Waals surface area contributed by atoms with Gasteiger partial charge in [-0.05, 0) is 36.8 Å². The summed E-state index contributed by atoms with van der Waals surface area (Å²) in [4.78, 5) is 16.4. The fraction of sp³-hybridized carbons (Fsp3) is 0.200. The van der Waals surface area contributed by atoms with Gasteiger partial charge in [-0.1, -0.05) is 18.5 Å². The Bertz CT molecular complexity index is 649. The van der Waals surface area contributed by atoms with Gasteiger partial charge in [0.2, 0.25) is 0 Å². The highest BCUT2D eigenvalue weighted by atomic mass is 35.5. The van der Waals surface area contributed by atoms with Crippen LogP contribution < -0.4 is 10.6 Å². The van der Waals surface area contributed by atoms with E-state index in [0.29, 0.717) is 17.9 Å². The van der Waals surface area contributed by atoms with E-state index in [1.807, 2.05) is 6.92 Å². The largest absolute Gasteiger partial charge is 0.369 e. The molecule has 0 aliphatic carbocycles. The van der Waals surface area contributed by atoms with Gasteiger partial charge < -0.3 is 10.6 Å². The Hall–Kier alpha value is -2.14. The van der Waals surface area contributed by atoms with Gasteiger partial charge in [-0.2, -0.15) is 0 Å². The number of anilines is 2. The minimum Gasteiger partial charge on any atom is -0.369 e. The number of nitrogens with zero attached hydrogens (tertiary/aromatic N) is 1. The molecule has 0 fully saturated rings. The summed E-state index contributed by atoms with van der Waals surface area (Å²) in [5.74, 6) is -0.531. The zero-order valence-corrected chi connectivity index (χ0v) is 12.2. The highest BCUT2D eigenvalue weighted by Crippen LogP contribution is 2.20. The molecule has 0 aliphatic rings. The van der Waals surface area contributed by atoms with Crippen LogP contribution in [0.15, 0.2) is 36.5 Å². The normalized spacial score (nSPS) is 10.2. The highest BCUT2D eigenvalue weighted by Gasteiger charge is 2.14. The van der Waals surface area contributed by atoms with E-state index >= 15 is 0 Å². The number of amides is 1. The molecule has 2 N–H and O–H groups in total. The molecule has 4 nitrogen and oxygen atoms in total. The summed E-state index contributed by atoms with van der Waals surface area (Å²) in [5, 5.41) is 5.86. The Morgan fingerprint density at radius 3 is 2.90 bits per heavy atom. The average Bonchev–Trinajstić information content (AvgIpc) is 2.48. The highest BCUT2D eigenvalue weighted by molar-refractivity contribution is 6.30. The van der Waals surface area contributed by atoms with E-state index in [2.05, 4.69) is 15.6 Å². The van der Waals surface area contributed by atoms with E-state index in [4.69, 9.17) is 11.6 Å². The minimum atomic E-state index is -0.581. The van der Waals surface area contributed by atoms with Crippen LogP contribution in [-0.4, -0.2) is 17.4 Å². The molecule has 0 bridgehead atoms. The number of halogens is 2. The number of pyridine rings is 1. The second-order valence-electron chi connectivity index (χ2n) is 4.40. The van der Waals surface area contributed by atoms with Gasteiger partial charge in [-0.3, -0.25) is 4.79 Å². The standard InChI is InChI=1S/C15H15ClFN3O/c1-2-7-18-14-11(4-3-8-19-14)15(21)20-13-6-5-10(16)9-12(13)17/h3-6,8-9H,2,7H2,1H3,(H,18,19)(H,20,21). The van der Waals surface area contributed by atoms with Crippen LogP contribution in [0.2, 0.25) is 5.02 Å². The van der Waals surface area contributed by atoms with Crippen molar-refractivity contribution >= 4 is 29.0 Å². The summed E-state index contributed by atoms with van der Waals surface area (Å²) in [5.41, 5.74) is 0.440. The van der Waals surface area contributed by atoms with Crippen LogP contribution in [0, 0.1) is 5.82 Å². The predicted molar refractivity (Wildman–Crippen MR) is 82.4 cm³/mol. The molecular formula is C15H15ClFN3O. The fourth-order valence-electron chi connectivity index (χ4n) is 1.75. The number of rotatable bonds is 5. The lowest BCUT2D eigenvalue weighted by molar-refractivity contribution is 0.102. The first kappa shape index (κ1) is 15.3. The van der Waals surface area contributed by atoms with E-state index in [1.54, 1.807) is 18.3 Å². The number of nitrogens with one attached hydrogen (secondary N) is 2. The molecule has 0 aliphatic heterocycles. The van der Waals surface area contributed by atoms with Gasteiger partial charge in [0.05, 0.1) is 11.3 Å². The topological polar surface area (TPSA) is 54.0 Å². The van der Waals surface area contributed by atoms with Crippen LogP contribution in [0.25, 0.3) is 0 Å². The summed E-state index contributed by atoms with van der Waals surface area (Å²) >= 11 is 5.68. The molecule has 1 aromatic carbocycles. The zero-order valence-electron chi connectivity index (χ0n) is 11.5.